The van der Waals surface area contributed by atoms with Gasteiger partial charge in [-0.1, -0.05) is 20.8 Å². The van der Waals surface area contributed by atoms with Crippen LogP contribution in [0.5, 0.6) is 0 Å². The molecule has 0 spiro atoms. The van der Waals surface area contributed by atoms with E-state index in [-0.39, 0.29) is 24.0 Å². The lowest BCUT2D eigenvalue weighted by Crippen LogP contribution is -2.45. The van der Waals surface area contributed by atoms with Crippen molar-refractivity contribution in [3.63, 3.8) is 0 Å². The number of hydrogen-bond donors (Lipinski definition) is 0. The average Bonchev–Trinajstić information content (AvgIpc) is 2.68. The summed E-state index contributed by atoms with van der Waals surface area (Å²) in [5.41, 5.74) is 0. The molecule has 0 unspecified atom stereocenters. The van der Waals surface area contributed by atoms with Gasteiger partial charge in [-0.2, -0.15) is 8.42 Å². The highest BCUT2D eigenvalue weighted by Crippen LogP contribution is 2.37. The minimum atomic E-state index is -3.64. The predicted molar refractivity (Wildman–Crippen MR) is 82.0 cm³/mol. The van der Waals surface area contributed by atoms with Crippen LogP contribution in [0.15, 0.2) is 0 Å². The second kappa shape index (κ2) is 6.35. The molecule has 0 aromatic heterocycles. The van der Waals surface area contributed by atoms with Gasteiger partial charge in [-0.05, 0) is 24.6 Å². The van der Waals surface area contributed by atoms with Gasteiger partial charge in [0, 0.05) is 6.42 Å². The van der Waals surface area contributed by atoms with E-state index in [1.165, 1.54) is 0 Å². The normalized spacial score (nSPS) is 22.2. The molecule has 21 heavy (non-hydrogen) atoms. The van der Waals surface area contributed by atoms with Crippen molar-refractivity contribution in [3.8, 4) is 0 Å². The standard InChI is InChI=1S/C13H26O6SSi/c1-13(2,3)21(5,6)17-9-11(19-20(4,15)16)10-7-8-12(14)18-10/h10-11H,7-9H2,1-6H3/t10-,11-/m0/s1. The third kappa shape index (κ3) is 5.69. The minimum absolute atomic E-state index is 0.00892. The van der Waals surface area contributed by atoms with E-state index in [2.05, 4.69) is 33.9 Å². The third-order valence-corrected chi connectivity index (χ3v) is 9.14. The number of carbonyl (C=O) groups excluding carboxylic acids is 1. The Hall–Kier alpha value is -0.443. The molecule has 0 N–H and O–H groups in total. The topological polar surface area (TPSA) is 78.9 Å². The van der Waals surface area contributed by atoms with Gasteiger partial charge in [0.2, 0.25) is 0 Å². The van der Waals surface area contributed by atoms with Crippen LogP contribution in [0.1, 0.15) is 33.6 Å². The molecule has 1 aliphatic rings. The van der Waals surface area contributed by atoms with Crippen molar-refractivity contribution >= 4 is 24.4 Å². The van der Waals surface area contributed by atoms with Gasteiger partial charge < -0.3 is 9.16 Å². The summed E-state index contributed by atoms with van der Waals surface area (Å²) in [5, 5.41) is 0.00892. The molecule has 124 valence electrons. The number of rotatable bonds is 6. The lowest BCUT2D eigenvalue weighted by Gasteiger charge is -2.37. The number of ether oxygens (including phenoxy) is 1. The van der Waals surface area contributed by atoms with Crippen LogP contribution >= 0.6 is 0 Å². The smallest absolute Gasteiger partial charge is 0.306 e. The van der Waals surface area contributed by atoms with Gasteiger partial charge >= 0.3 is 5.97 Å². The molecule has 0 bridgehead atoms. The Bertz CT molecular complexity index is 479. The molecule has 1 heterocycles. The predicted octanol–water partition coefficient (Wildman–Crippen LogP) is 2.06. The van der Waals surface area contributed by atoms with Crippen molar-refractivity contribution < 1.29 is 26.6 Å². The van der Waals surface area contributed by atoms with Crippen LogP contribution < -0.4 is 0 Å². The van der Waals surface area contributed by atoms with Gasteiger partial charge in [0.1, 0.15) is 12.2 Å². The lowest BCUT2D eigenvalue weighted by atomic mass is 10.1. The molecule has 0 aromatic carbocycles. The van der Waals surface area contributed by atoms with Gasteiger partial charge in [0.05, 0.1) is 12.9 Å². The van der Waals surface area contributed by atoms with Gasteiger partial charge in [0.25, 0.3) is 10.1 Å². The van der Waals surface area contributed by atoms with E-state index >= 15 is 0 Å². The summed E-state index contributed by atoms with van der Waals surface area (Å²) in [5.74, 6) is -0.325. The summed E-state index contributed by atoms with van der Waals surface area (Å²) >= 11 is 0. The second-order valence-electron chi connectivity index (χ2n) is 6.98. The van der Waals surface area contributed by atoms with Crippen molar-refractivity contribution in [2.24, 2.45) is 0 Å². The van der Waals surface area contributed by atoms with Crippen LogP contribution in [0.4, 0.5) is 0 Å². The first-order chi connectivity index (χ1) is 9.32. The lowest BCUT2D eigenvalue weighted by molar-refractivity contribution is -0.145. The molecule has 6 nitrogen and oxygen atoms in total. The highest BCUT2D eigenvalue weighted by atomic mass is 32.2. The van der Waals surface area contributed by atoms with E-state index in [1.807, 2.05) is 0 Å². The molecule has 0 aromatic rings. The fourth-order valence-corrected chi connectivity index (χ4v) is 3.38. The SMILES string of the molecule is CC(C)(C)[Si](C)(C)OC[C@H](OS(C)(=O)=O)[C@@H]1CCC(=O)O1. The second-order valence-corrected chi connectivity index (χ2v) is 13.4. The molecular formula is C13H26O6SSi. The summed E-state index contributed by atoms with van der Waals surface area (Å²) < 4.78 is 39.0. The fourth-order valence-electron chi connectivity index (χ4n) is 1.74. The summed E-state index contributed by atoms with van der Waals surface area (Å²) in [6.07, 6.45) is 0.398. The van der Waals surface area contributed by atoms with E-state index in [0.717, 1.165) is 6.26 Å². The first-order valence-electron chi connectivity index (χ1n) is 7.03. The van der Waals surface area contributed by atoms with Gasteiger partial charge in [-0.25, -0.2) is 0 Å². The van der Waals surface area contributed by atoms with E-state index in [9.17, 15) is 13.2 Å². The van der Waals surface area contributed by atoms with E-state index in [4.69, 9.17) is 13.3 Å². The van der Waals surface area contributed by atoms with Gasteiger partial charge in [-0.3, -0.25) is 8.98 Å². The highest BCUT2D eigenvalue weighted by Gasteiger charge is 2.40. The van der Waals surface area contributed by atoms with Gasteiger partial charge in [0.15, 0.2) is 8.32 Å². The maximum Gasteiger partial charge on any atom is 0.306 e. The fraction of sp³-hybridized carbons (Fsp3) is 0.923. The van der Waals surface area contributed by atoms with Crippen LogP contribution in [0.2, 0.25) is 18.1 Å². The maximum atomic E-state index is 11.4. The summed E-state index contributed by atoms with van der Waals surface area (Å²) in [7, 11) is -5.66. The molecular weight excluding hydrogens is 312 g/mol. The largest absolute Gasteiger partial charge is 0.459 e. The number of carbonyl (C=O) groups is 1. The summed E-state index contributed by atoms with van der Waals surface area (Å²) in [6, 6.07) is 0. The van der Waals surface area contributed by atoms with Crippen molar-refractivity contribution in [3.05, 3.63) is 0 Å². The Kier molecular flexibility index (Phi) is 5.63. The maximum absolute atomic E-state index is 11.4. The number of hydrogen-bond acceptors (Lipinski definition) is 6. The van der Waals surface area contributed by atoms with Crippen LogP contribution in [0.3, 0.4) is 0 Å². The van der Waals surface area contributed by atoms with Crippen LogP contribution in [0.25, 0.3) is 0 Å². The molecule has 1 fully saturated rings. The highest BCUT2D eigenvalue weighted by molar-refractivity contribution is 7.86. The number of cyclic esters (lactones) is 1. The summed E-state index contributed by atoms with van der Waals surface area (Å²) in [6.45, 7) is 10.6. The molecule has 0 saturated carbocycles. The quantitative estimate of drug-likeness (QED) is 0.419. The van der Waals surface area contributed by atoms with Crippen molar-refractivity contribution in [1.82, 2.24) is 0 Å². The molecule has 0 amide bonds. The van der Waals surface area contributed by atoms with Crippen LogP contribution in [0, 0.1) is 0 Å². The molecule has 2 atom stereocenters. The first-order valence-corrected chi connectivity index (χ1v) is 11.8. The minimum Gasteiger partial charge on any atom is -0.459 e. The Morgan fingerprint density at radius 1 is 1.38 bits per heavy atom. The molecule has 1 rings (SSSR count). The molecule has 1 saturated heterocycles. The van der Waals surface area contributed by atoms with Crippen LogP contribution in [-0.4, -0.2) is 47.8 Å². The zero-order valence-corrected chi connectivity index (χ0v) is 15.5. The van der Waals surface area contributed by atoms with Crippen LogP contribution in [-0.2, 0) is 28.3 Å². The Balaban J connectivity index is 2.76. The summed E-state index contributed by atoms with van der Waals surface area (Å²) in [4.78, 5) is 11.2. The van der Waals surface area contributed by atoms with E-state index < -0.39 is 30.6 Å². The molecule has 8 heteroatoms. The Morgan fingerprint density at radius 3 is 2.33 bits per heavy atom. The van der Waals surface area contributed by atoms with Crippen molar-refractivity contribution in [1.29, 1.82) is 0 Å². The van der Waals surface area contributed by atoms with E-state index in [1.54, 1.807) is 0 Å². The Labute approximate surface area is 128 Å². The van der Waals surface area contributed by atoms with E-state index in [0.29, 0.717) is 6.42 Å². The first kappa shape index (κ1) is 18.6. The zero-order chi connectivity index (χ0) is 16.5. The Morgan fingerprint density at radius 2 is 1.95 bits per heavy atom. The average molecular weight is 338 g/mol. The third-order valence-electron chi connectivity index (χ3n) is 4.04. The zero-order valence-electron chi connectivity index (χ0n) is 13.6. The molecule has 0 radical (unpaired) electrons. The number of esters is 1. The molecule has 1 aliphatic heterocycles. The monoisotopic (exact) mass is 338 g/mol. The van der Waals surface area contributed by atoms with Gasteiger partial charge in [-0.15, -0.1) is 0 Å². The molecule has 0 aliphatic carbocycles. The van der Waals surface area contributed by atoms with Crippen molar-refractivity contribution in [2.75, 3.05) is 12.9 Å². The van der Waals surface area contributed by atoms with Crippen molar-refractivity contribution in [2.45, 2.75) is 64.0 Å².